The fraction of sp³-hybridized carbons (Fsp3) is 1.00. The van der Waals surface area contributed by atoms with Crippen LogP contribution in [0.3, 0.4) is 0 Å². The molecule has 0 aromatic carbocycles. The van der Waals surface area contributed by atoms with Gasteiger partial charge in [0.25, 0.3) is 0 Å². The van der Waals surface area contributed by atoms with Gasteiger partial charge in [-0.15, -0.1) is 0 Å². The molecule has 10 heavy (non-hydrogen) atoms. The van der Waals surface area contributed by atoms with E-state index in [1.54, 1.807) is 0 Å². The first-order valence-corrected chi connectivity index (χ1v) is 8.21. The van der Waals surface area contributed by atoms with E-state index in [0.717, 1.165) is 12.5 Å². The molecule has 0 unspecified atom stereocenters. The predicted molar refractivity (Wildman–Crippen MR) is 53.2 cm³/mol. The van der Waals surface area contributed by atoms with Crippen LogP contribution in [-0.4, -0.2) is 11.2 Å². The summed E-state index contributed by atoms with van der Waals surface area (Å²) in [7, 11) is -1.49. The maximum Gasteiger partial charge on any atom is 0.237 e. The van der Waals surface area contributed by atoms with Crippen LogP contribution in [0.4, 0.5) is 0 Å². The lowest BCUT2D eigenvalue weighted by molar-refractivity contribution is 0.819. The first-order chi connectivity index (χ1) is 4.42. The summed E-state index contributed by atoms with van der Waals surface area (Å²) in [5.74, 6) is 0. The molecule has 0 amide bonds. The summed E-state index contributed by atoms with van der Waals surface area (Å²) in [6, 6.07) is 0.803. The fourth-order valence-electron chi connectivity index (χ4n) is 0.457. The molecule has 0 spiro atoms. The van der Waals surface area contributed by atoms with E-state index < -0.39 is 11.2 Å². The largest absolute Gasteiger partial charge is 0.237 e. The number of alkyl halides is 3. The third kappa shape index (κ3) is 9.67. The Hall–Kier alpha value is 1.67. The molecule has 0 aliphatic heterocycles. The van der Waals surface area contributed by atoms with Gasteiger partial charge in [0.1, 0.15) is 0 Å². The normalized spacial score (nSPS) is 12.6. The van der Waals surface area contributed by atoms with E-state index in [9.17, 15) is 0 Å². The lowest BCUT2D eigenvalue weighted by Gasteiger charge is -2.09. The van der Waals surface area contributed by atoms with Crippen molar-refractivity contribution in [3.05, 3.63) is 0 Å². The molecule has 0 nitrogen and oxygen atoms in total. The molecule has 0 bridgehead atoms. The molecular formula is C4H7Cl5Si. The van der Waals surface area contributed by atoms with Crippen LogP contribution in [0.25, 0.3) is 0 Å². The maximum absolute atomic E-state index is 5.58. The standard InChI is InChI=1S/C4H7Cl5Si/c5-4(6,7)2-1-3-10(8)9/h10H,1-3H2. The van der Waals surface area contributed by atoms with E-state index in [1.165, 1.54) is 0 Å². The molecule has 0 aliphatic rings. The van der Waals surface area contributed by atoms with Gasteiger partial charge in [0, 0.05) is 0 Å². The second-order valence-corrected chi connectivity index (χ2v) is 9.61. The van der Waals surface area contributed by atoms with Crippen LogP contribution in [0.2, 0.25) is 6.04 Å². The van der Waals surface area contributed by atoms with Gasteiger partial charge < -0.3 is 0 Å². The minimum absolute atomic E-state index is 0.528. The van der Waals surface area contributed by atoms with Crippen LogP contribution in [0.15, 0.2) is 0 Å². The van der Waals surface area contributed by atoms with E-state index in [4.69, 9.17) is 57.0 Å². The highest BCUT2D eigenvalue weighted by molar-refractivity contribution is 7.33. The lowest BCUT2D eigenvalue weighted by Crippen LogP contribution is -2.02. The third-order valence-electron chi connectivity index (χ3n) is 0.883. The number of hydrogen-bond acceptors (Lipinski definition) is 0. The Morgan fingerprint density at radius 3 is 1.90 bits per heavy atom. The Labute approximate surface area is 86.7 Å². The van der Waals surface area contributed by atoms with Crippen LogP contribution < -0.4 is 0 Å². The topological polar surface area (TPSA) is 0 Å². The smallest absolute Gasteiger partial charge is 0.150 e. The fourth-order valence-corrected chi connectivity index (χ4v) is 2.30. The van der Waals surface area contributed by atoms with E-state index >= 15 is 0 Å². The summed E-state index contributed by atoms with van der Waals surface area (Å²) in [5.41, 5.74) is 0. The second kappa shape index (κ2) is 5.34. The van der Waals surface area contributed by atoms with Crippen LogP contribution in [0, 0.1) is 0 Å². The van der Waals surface area contributed by atoms with Gasteiger partial charge in [0.2, 0.25) is 7.42 Å². The van der Waals surface area contributed by atoms with Crippen LogP contribution in [0.5, 0.6) is 0 Å². The molecule has 0 heterocycles. The molecule has 6 heteroatoms. The van der Waals surface area contributed by atoms with Gasteiger partial charge in [-0.1, -0.05) is 34.8 Å². The Morgan fingerprint density at radius 1 is 1.10 bits per heavy atom. The SMILES string of the molecule is Cl[SiH](Cl)CCCC(Cl)(Cl)Cl. The average Bonchev–Trinajstić information content (AvgIpc) is 1.59. The monoisotopic (exact) mass is 258 g/mol. The van der Waals surface area contributed by atoms with Gasteiger partial charge in [-0.3, -0.25) is 0 Å². The van der Waals surface area contributed by atoms with Crippen LogP contribution in [-0.2, 0) is 0 Å². The Kier molecular flexibility index (Phi) is 6.23. The predicted octanol–water partition coefficient (Wildman–Crippen LogP) is 3.83. The highest BCUT2D eigenvalue weighted by Gasteiger charge is 2.19. The van der Waals surface area contributed by atoms with Gasteiger partial charge in [-0.25, -0.2) is 0 Å². The van der Waals surface area contributed by atoms with Gasteiger partial charge in [0.05, 0.1) is 0 Å². The summed E-state index contributed by atoms with van der Waals surface area (Å²) in [6.07, 6.45) is 1.32. The number of hydrogen-bond donors (Lipinski definition) is 0. The molecule has 0 aromatic heterocycles. The van der Waals surface area contributed by atoms with Crippen molar-refractivity contribution in [2.24, 2.45) is 0 Å². The maximum atomic E-state index is 5.58. The summed E-state index contributed by atoms with van der Waals surface area (Å²) < 4.78 is -1.14. The molecule has 0 aliphatic carbocycles. The average molecular weight is 260 g/mol. The molecule has 62 valence electrons. The highest BCUT2D eigenvalue weighted by atomic mass is 35.7. The van der Waals surface area contributed by atoms with E-state index in [-0.39, 0.29) is 0 Å². The van der Waals surface area contributed by atoms with Crippen molar-refractivity contribution < 1.29 is 0 Å². The second-order valence-electron chi connectivity index (χ2n) is 1.90. The first-order valence-electron chi connectivity index (χ1n) is 2.77. The third-order valence-corrected chi connectivity index (χ3v) is 3.60. The van der Waals surface area contributed by atoms with Crippen molar-refractivity contribution in [2.45, 2.75) is 22.7 Å². The van der Waals surface area contributed by atoms with Gasteiger partial charge in [0.15, 0.2) is 3.79 Å². The quantitative estimate of drug-likeness (QED) is 0.411. The van der Waals surface area contributed by atoms with Crippen LogP contribution in [0.1, 0.15) is 12.8 Å². The number of rotatable bonds is 3. The van der Waals surface area contributed by atoms with Crippen LogP contribution >= 0.6 is 57.0 Å². The summed E-state index contributed by atoms with van der Waals surface area (Å²) in [4.78, 5) is 0. The molecular weight excluding hydrogens is 253 g/mol. The Bertz CT molecular complexity index is 88.1. The molecule has 0 N–H and O–H groups in total. The summed E-state index contributed by atoms with van der Waals surface area (Å²) in [5, 5.41) is 0. The Morgan fingerprint density at radius 2 is 1.60 bits per heavy atom. The minimum atomic E-state index is -1.49. The summed E-state index contributed by atoms with van der Waals surface area (Å²) in [6.45, 7) is 0. The Balaban J connectivity index is 3.21. The minimum Gasteiger partial charge on any atom is -0.150 e. The molecule has 0 rings (SSSR count). The van der Waals surface area contributed by atoms with E-state index in [0.29, 0.717) is 6.42 Å². The zero-order chi connectivity index (χ0) is 8.20. The molecule has 0 saturated carbocycles. The van der Waals surface area contributed by atoms with Crippen molar-refractivity contribution in [1.82, 2.24) is 0 Å². The van der Waals surface area contributed by atoms with Gasteiger partial charge in [-0.05, 0) is 18.9 Å². The molecule has 0 radical (unpaired) electrons. The molecule has 0 aromatic rings. The lowest BCUT2D eigenvalue weighted by atomic mass is 10.4. The molecule has 0 atom stereocenters. The van der Waals surface area contributed by atoms with Crippen molar-refractivity contribution in [3.63, 3.8) is 0 Å². The van der Waals surface area contributed by atoms with Crippen molar-refractivity contribution >= 4 is 64.4 Å². The van der Waals surface area contributed by atoms with Crippen molar-refractivity contribution in [1.29, 1.82) is 0 Å². The summed E-state index contributed by atoms with van der Waals surface area (Å²) >= 11 is 27.6. The number of halogens is 5. The zero-order valence-corrected chi connectivity index (χ0v) is 10.0. The van der Waals surface area contributed by atoms with E-state index in [2.05, 4.69) is 0 Å². The first kappa shape index (κ1) is 11.7. The van der Waals surface area contributed by atoms with Gasteiger partial charge >= 0.3 is 0 Å². The highest BCUT2D eigenvalue weighted by Crippen LogP contribution is 2.32. The van der Waals surface area contributed by atoms with Crippen molar-refractivity contribution in [3.8, 4) is 0 Å². The zero-order valence-electron chi connectivity index (χ0n) is 5.09. The van der Waals surface area contributed by atoms with E-state index in [1.807, 2.05) is 0 Å². The molecule has 0 fully saturated rings. The molecule has 0 saturated heterocycles. The van der Waals surface area contributed by atoms with Gasteiger partial charge in [-0.2, -0.15) is 22.2 Å². The van der Waals surface area contributed by atoms with Crippen molar-refractivity contribution in [2.75, 3.05) is 0 Å².